The van der Waals surface area contributed by atoms with E-state index in [1.54, 1.807) is 20.8 Å². The Bertz CT molecular complexity index is 784. The highest BCUT2D eigenvalue weighted by Crippen LogP contribution is 2.12. The van der Waals surface area contributed by atoms with Crippen LogP contribution in [0.15, 0.2) is 17.1 Å². The first-order valence-electron chi connectivity index (χ1n) is 6.47. The normalized spacial score (nSPS) is 11.4. The van der Waals surface area contributed by atoms with Crippen LogP contribution in [0.2, 0.25) is 0 Å². The van der Waals surface area contributed by atoms with E-state index in [0.29, 0.717) is 0 Å². The van der Waals surface area contributed by atoms with Gasteiger partial charge in [0.15, 0.2) is 0 Å². The Morgan fingerprint density at radius 2 is 2.14 bits per heavy atom. The van der Waals surface area contributed by atoms with Crippen molar-refractivity contribution in [2.45, 2.75) is 32.9 Å². The largest absolute Gasteiger partial charge is 0.480 e. The van der Waals surface area contributed by atoms with Crippen molar-refractivity contribution in [3.63, 3.8) is 0 Å². The summed E-state index contributed by atoms with van der Waals surface area (Å²) < 4.78 is 6.36. The molecule has 0 bridgehead atoms. The summed E-state index contributed by atoms with van der Waals surface area (Å²) in [6, 6.07) is 1.46. The number of hydrogen-bond acceptors (Lipinski definition) is 5. The molecule has 9 heteroatoms. The predicted octanol–water partition coefficient (Wildman–Crippen LogP) is 1.16. The number of carbonyl (C=O) groups excluding carboxylic acids is 1. The highest BCUT2D eigenvalue weighted by Gasteiger charge is 2.18. The molecule has 0 unspecified atom stereocenters. The summed E-state index contributed by atoms with van der Waals surface area (Å²) in [4.78, 5) is 40.8. The third-order valence-corrected chi connectivity index (χ3v) is 2.55. The summed E-state index contributed by atoms with van der Waals surface area (Å²) in [6.45, 7) is 4.75. The Labute approximate surface area is 124 Å². The molecule has 0 saturated carbocycles. The number of aliphatic carboxylic acids is 1. The molecule has 0 saturated heterocycles. The average molecular weight is 308 g/mol. The van der Waals surface area contributed by atoms with Gasteiger partial charge in [0.25, 0.3) is 5.56 Å². The number of anilines is 1. The molecular weight excluding hydrogens is 292 g/mol. The molecule has 0 atom stereocenters. The standard InChI is InChI=1S/C13H16N4O5/c1-13(2,3)22-12(21)16-11-14-9-7(10(20)15-11)4-5-17(9)6-8(18)19/h4-5H,6H2,1-3H3,(H,18,19)(H2,14,15,16,20,21). The van der Waals surface area contributed by atoms with E-state index in [4.69, 9.17) is 9.84 Å². The fourth-order valence-electron chi connectivity index (χ4n) is 1.81. The second kappa shape index (κ2) is 5.51. The van der Waals surface area contributed by atoms with E-state index in [0.717, 1.165) is 0 Å². The van der Waals surface area contributed by atoms with Gasteiger partial charge in [-0.15, -0.1) is 0 Å². The molecule has 0 aromatic carbocycles. The first kappa shape index (κ1) is 15.5. The number of ether oxygens (including phenoxy) is 1. The number of H-pyrrole nitrogens is 1. The van der Waals surface area contributed by atoms with E-state index in [1.807, 2.05) is 0 Å². The minimum atomic E-state index is -1.07. The maximum atomic E-state index is 11.9. The number of aromatic nitrogens is 3. The summed E-state index contributed by atoms with van der Waals surface area (Å²) in [5.74, 6) is -1.18. The molecule has 2 aromatic rings. The fourth-order valence-corrected chi connectivity index (χ4v) is 1.81. The Morgan fingerprint density at radius 1 is 1.45 bits per heavy atom. The molecule has 2 heterocycles. The van der Waals surface area contributed by atoms with Crippen LogP contribution in [-0.4, -0.2) is 37.3 Å². The van der Waals surface area contributed by atoms with E-state index < -0.39 is 23.2 Å². The van der Waals surface area contributed by atoms with Gasteiger partial charge in [-0.05, 0) is 26.8 Å². The lowest BCUT2D eigenvalue weighted by Gasteiger charge is -2.19. The quantitative estimate of drug-likeness (QED) is 0.781. The third-order valence-electron chi connectivity index (χ3n) is 2.55. The SMILES string of the molecule is CC(C)(C)OC(=O)Nc1nc2c(ccn2CC(=O)O)c(=O)[nH]1. The Hall–Kier alpha value is -2.84. The van der Waals surface area contributed by atoms with E-state index in [-0.39, 0.29) is 23.5 Å². The first-order valence-corrected chi connectivity index (χ1v) is 6.47. The van der Waals surface area contributed by atoms with Crippen molar-refractivity contribution in [1.29, 1.82) is 0 Å². The fraction of sp³-hybridized carbons (Fsp3) is 0.385. The van der Waals surface area contributed by atoms with Crippen molar-refractivity contribution in [3.8, 4) is 0 Å². The molecule has 0 aliphatic carbocycles. The molecule has 0 aliphatic heterocycles. The van der Waals surface area contributed by atoms with Crippen LogP contribution in [-0.2, 0) is 16.1 Å². The Morgan fingerprint density at radius 3 is 2.73 bits per heavy atom. The number of carboxylic acid groups (broad SMARTS) is 1. The number of aromatic amines is 1. The van der Waals surface area contributed by atoms with Crippen molar-refractivity contribution in [2.75, 3.05) is 5.32 Å². The molecule has 9 nitrogen and oxygen atoms in total. The lowest BCUT2D eigenvalue weighted by Crippen LogP contribution is -2.28. The van der Waals surface area contributed by atoms with Crippen LogP contribution in [0.5, 0.6) is 0 Å². The summed E-state index contributed by atoms with van der Waals surface area (Å²) >= 11 is 0. The highest BCUT2D eigenvalue weighted by molar-refractivity contribution is 5.85. The average Bonchev–Trinajstić information content (AvgIpc) is 2.69. The topological polar surface area (TPSA) is 126 Å². The van der Waals surface area contributed by atoms with E-state index in [9.17, 15) is 14.4 Å². The molecule has 118 valence electrons. The lowest BCUT2D eigenvalue weighted by molar-refractivity contribution is -0.137. The zero-order valence-corrected chi connectivity index (χ0v) is 12.3. The molecule has 1 amide bonds. The number of nitrogens with zero attached hydrogens (tertiary/aromatic N) is 2. The smallest absolute Gasteiger partial charge is 0.414 e. The van der Waals surface area contributed by atoms with E-state index in [2.05, 4.69) is 15.3 Å². The molecule has 2 rings (SSSR count). The molecule has 3 N–H and O–H groups in total. The van der Waals surface area contributed by atoms with E-state index in [1.165, 1.54) is 16.8 Å². The number of rotatable bonds is 3. The number of amides is 1. The van der Waals surface area contributed by atoms with Gasteiger partial charge in [-0.25, -0.2) is 4.79 Å². The maximum absolute atomic E-state index is 11.9. The number of fused-ring (bicyclic) bond motifs is 1. The van der Waals surface area contributed by atoms with Crippen LogP contribution in [0.4, 0.5) is 10.7 Å². The second-order valence-corrected chi connectivity index (χ2v) is 5.62. The zero-order chi connectivity index (χ0) is 16.5. The van der Waals surface area contributed by atoms with Gasteiger partial charge in [0.05, 0.1) is 5.39 Å². The van der Waals surface area contributed by atoms with Crippen molar-refractivity contribution in [3.05, 3.63) is 22.6 Å². The van der Waals surface area contributed by atoms with Crippen LogP contribution in [0.1, 0.15) is 20.8 Å². The predicted molar refractivity (Wildman–Crippen MR) is 77.8 cm³/mol. The van der Waals surface area contributed by atoms with Gasteiger partial charge in [-0.1, -0.05) is 0 Å². The molecule has 0 fully saturated rings. The second-order valence-electron chi connectivity index (χ2n) is 5.62. The van der Waals surface area contributed by atoms with Gasteiger partial charge < -0.3 is 14.4 Å². The molecule has 0 aliphatic rings. The lowest BCUT2D eigenvalue weighted by atomic mass is 10.2. The number of hydrogen-bond donors (Lipinski definition) is 3. The van der Waals surface area contributed by atoms with Crippen LogP contribution in [0.3, 0.4) is 0 Å². The summed E-state index contributed by atoms with van der Waals surface area (Å²) in [6.07, 6.45) is 0.671. The Balaban J connectivity index is 2.33. The van der Waals surface area contributed by atoms with Gasteiger partial charge in [0.2, 0.25) is 5.95 Å². The van der Waals surface area contributed by atoms with Crippen LogP contribution in [0, 0.1) is 0 Å². The van der Waals surface area contributed by atoms with Crippen molar-refractivity contribution >= 4 is 29.0 Å². The van der Waals surface area contributed by atoms with Crippen molar-refractivity contribution in [1.82, 2.24) is 14.5 Å². The minimum absolute atomic E-state index is 0.114. The zero-order valence-electron chi connectivity index (χ0n) is 12.3. The monoisotopic (exact) mass is 308 g/mol. The molecule has 0 radical (unpaired) electrons. The van der Waals surface area contributed by atoms with Gasteiger partial charge >= 0.3 is 12.1 Å². The minimum Gasteiger partial charge on any atom is -0.480 e. The number of nitrogens with one attached hydrogen (secondary N) is 2. The van der Waals surface area contributed by atoms with Crippen molar-refractivity contribution < 1.29 is 19.4 Å². The summed E-state index contributed by atoms with van der Waals surface area (Å²) in [7, 11) is 0. The third kappa shape index (κ3) is 3.62. The molecule has 22 heavy (non-hydrogen) atoms. The molecular formula is C13H16N4O5. The Kier molecular flexibility index (Phi) is 3.89. The summed E-state index contributed by atoms with van der Waals surface area (Å²) in [5, 5.41) is 11.4. The van der Waals surface area contributed by atoms with E-state index >= 15 is 0 Å². The van der Waals surface area contributed by atoms with Gasteiger partial charge in [-0.2, -0.15) is 4.98 Å². The van der Waals surface area contributed by atoms with Crippen LogP contribution >= 0.6 is 0 Å². The van der Waals surface area contributed by atoms with Gasteiger partial charge in [0.1, 0.15) is 17.8 Å². The van der Waals surface area contributed by atoms with Crippen molar-refractivity contribution in [2.24, 2.45) is 0 Å². The molecule has 2 aromatic heterocycles. The summed E-state index contributed by atoms with van der Waals surface area (Å²) in [5.41, 5.74) is -1.02. The van der Waals surface area contributed by atoms with Gasteiger partial charge in [0, 0.05) is 6.20 Å². The highest BCUT2D eigenvalue weighted by atomic mass is 16.6. The van der Waals surface area contributed by atoms with Gasteiger partial charge in [-0.3, -0.25) is 19.9 Å². The number of carbonyl (C=O) groups is 2. The van der Waals surface area contributed by atoms with Crippen LogP contribution < -0.4 is 10.9 Å². The van der Waals surface area contributed by atoms with Crippen LogP contribution in [0.25, 0.3) is 11.0 Å². The molecule has 0 spiro atoms. The first-order chi connectivity index (χ1) is 10.2. The number of carboxylic acids is 1. The maximum Gasteiger partial charge on any atom is 0.414 e.